The second kappa shape index (κ2) is 12.7. The Morgan fingerprint density at radius 3 is 2.16 bits per heavy atom. The predicted octanol–water partition coefficient (Wildman–Crippen LogP) is 5.11. The van der Waals surface area contributed by atoms with Gasteiger partial charge in [-0.3, -0.25) is 4.79 Å². The maximum atomic E-state index is 13.1. The van der Waals surface area contributed by atoms with Crippen molar-refractivity contribution in [3.63, 3.8) is 0 Å². The smallest absolute Gasteiger partial charge is 0.255 e. The number of hydrogen-bond acceptors (Lipinski definition) is 5. The van der Waals surface area contributed by atoms with E-state index in [-0.39, 0.29) is 24.9 Å². The Kier molecular flexibility index (Phi) is 8.89. The topological polar surface area (TPSA) is 84.9 Å². The molecule has 0 saturated heterocycles. The van der Waals surface area contributed by atoms with Gasteiger partial charge >= 0.3 is 0 Å². The van der Waals surface area contributed by atoms with E-state index < -0.39 is 6.10 Å². The zero-order valence-electron chi connectivity index (χ0n) is 20.9. The van der Waals surface area contributed by atoms with Gasteiger partial charge in [0.05, 0.1) is 5.56 Å². The normalized spacial score (nSPS) is 11.6. The summed E-state index contributed by atoms with van der Waals surface area (Å²) in [5.74, 6) is 0.933. The van der Waals surface area contributed by atoms with E-state index in [1.54, 1.807) is 6.92 Å². The number of rotatable bonds is 12. The van der Waals surface area contributed by atoms with Crippen molar-refractivity contribution in [3.05, 3.63) is 108 Å². The van der Waals surface area contributed by atoms with Crippen LogP contribution in [0.25, 0.3) is 10.8 Å². The van der Waals surface area contributed by atoms with E-state index in [4.69, 9.17) is 9.47 Å². The van der Waals surface area contributed by atoms with Crippen LogP contribution in [0.2, 0.25) is 0 Å². The number of Topliss-reactive ketones (excluding diaryl/α,β-unsaturated/α-hetero) is 1. The number of hydrogen-bond donors (Lipinski definition) is 2. The van der Waals surface area contributed by atoms with Crippen LogP contribution in [0.5, 0.6) is 11.5 Å². The molecule has 37 heavy (non-hydrogen) atoms. The highest BCUT2D eigenvalue weighted by atomic mass is 16.5. The summed E-state index contributed by atoms with van der Waals surface area (Å²) in [7, 11) is 0. The summed E-state index contributed by atoms with van der Waals surface area (Å²) in [6, 6.07) is 28.5. The number of fused-ring (bicyclic) bond motifs is 1. The summed E-state index contributed by atoms with van der Waals surface area (Å²) >= 11 is 0. The van der Waals surface area contributed by atoms with Crippen molar-refractivity contribution >= 4 is 22.5 Å². The van der Waals surface area contributed by atoms with Crippen LogP contribution >= 0.6 is 0 Å². The molecule has 4 aromatic rings. The van der Waals surface area contributed by atoms with Crippen molar-refractivity contribution in [2.75, 3.05) is 13.2 Å². The summed E-state index contributed by atoms with van der Waals surface area (Å²) in [5.41, 5.74) is 2.46. The van der Waals surface area contributed by atoms with E-state index in [1.807, 2.05) is 91.0 Å². The maximum Gasteiger partial charge on any atom is 0.255 e. The number of carbonyl (C=O) groups excluding carboxylic acids is 2. The molecular formula is C31H31NO5. The van der Waals surface area contributed by atoms with Crippen molar-refractivity contribution in [1.29, 1.82) is 0 Å². The first kappa shape index (κ1) is 25.9. The van der Waals surface area contributed by atoms with Gasteiger partial charge in [0.2, 0.25) is 0 Å². The molecule has 0 aliphatic rings. The van der Waals surface area contributed by atoms with Gasteiger partial charge in [-0.1, -0.05) is 66.7 Å². The summed E-state index contributed by atoms with van der Waals surface area (Å²) in [6.07, 6.45) is 0.306. The molecule has 2 N–H and O–H groups in total. The molecule has 0 heterocycles. The SMILES string of the molecule is CC(=O)CCc1ccc(OC[C@H](O)COc2cc3ccccc3cc2C(=O)NCc2ccccc2)cc1. The van der Waals surface area contributed by atoms with Crippen molar-refractivity contribution in [1.82, 2.24) is 5.32 Å². The molecule has 4 aromatic carbocycles. The summed E-state index contributed by atoms with van der Waals surface area (Å²) in [5, 5.41) is 15.3. The van der Waals surface area contributed by atoms with Gasteiger partial charge in [0, 0.05) is 13.0 Å². The highest BCUT2D eigenvalue weighted by Gasteiger charge is 2.16. The largest absolute Gasteiger partial charge is 0.491 e. The molecule has 4 rings (SSSR count). The molecule has 0 bridgehead atoms. The number of ketones is 1. The van der Waals surface area contributed by atoms with Gasteiger partial charge in [0.1, 0.15) is 36.6 Å². The number of ether oxygens (including phenoxy) is 2. The monoisotopic (exact) mass is 497 g/mol. The van der Waals surface area contributed by atoms with Crippen molar-refractivity contribution in [2.24, 2.45) is 0 Å². The lowest BCUT2D eigenvalue weighted by molar-refractivity contribution is -0.116. The lowest BCUT2D eigenvalue weighted by Crippen LogP contribution is -2.27. The van der Waals surface area contributed by atoms with Crippen LogP contribution in [0.15, 0.2) is 91.0 Å². The van der Waals surface area contributed by atoms with Crippen LogP contribution in [-0.4, -0.2) is 36.1 Å². The predicted molar refractivity (Wildman–Crippen MR) is 144 cm³/mol. The molecule has 0 saturated carbocycles. The van der Waals surface area contributed by atoms with E-state index in [0.717, 1.165) is 21.9 Å². The Labute approximate surface area is 216 Å². The standard InChI is InChI=1S/C31H31NO5/c1-22(33)11-12-23-13-15-28(16-14-23)36-20-27(34)21-37-30-18-26-10-6-5-9-25(26)17-29(30)31(35)32-19-24-7-3-2-4-8-24/h2-10,13-18,27,34H,11-12,19-21H2,1H3,(H,32,35)/t27-/m0/s1. The van der Waals surface area contributed by atoms with Crippen molar-refractivity contribution in [2.45, 2.75) is 32.4 Å². The lowest BCUT2D eigenvalue weighted by atomic mass is 10.0. The molecule has 0 radical (unpaired) electrons. The van der Waals surface area contributed by atoms with Crippen molar-refractivity contribution < 1.29 is 24.2 Å². The summed E-state index contributed by atoms with van der Waals surface area (Å²) < 4.78 is 11.6. The number of carbonyl (C=O) groups is 2. The minimum atomic E-state index is -0.899. The first-order valence-corrected chi connectivity index (χ1v) is 12.3. The second-order valence-corrected chi connectivity index (χ2v) is 8.99. The van der Waals surface area contributed by atoms with E-state index in [0.29, 0.717) is 36.4 Å². The fourth-order valence-corrected chi connectivity index (χ4v) is 3.89. The first-order chi connectivity index (χ1) is 18.0. The molecule has 0 fully saturated rings. The zero-order valence-corrected chi connectivity index (χ0v) is 20.9. The Morgan fingerprint density at radius 1 is 0.811 bits per heavy atom. The van der Waals surface area contributed by atoms with Crippen LogP contribution in [-0.2, 0) is 17.8 Å². The molecule has 0 unspecified atom stereocenters. The van der Waals surface area contributed by atoms with Gasteiger partial charge in [0.25, 0.3) is 5.91 Å². The minimum absolute atomic E-state index is 0.0337. The van der Waals surface area contributed by atoms with Crippen LogP contribution in [0.1, 0.15) is 34.8 Å². The third kappa shape index (κ3) is 7.66. The molecule has 6 heteroatoms. The highest BCUT2D eigenvalue weighted by Crippen LogP contribution is 2.26. The van der Waals surface area contributed by atoms with Gasteiger partial charge in [-0.2, -0.15) is 0 Å². The molecule has 1 amide bonds. The van der Waals surface area contributed by atoms with Gasteiger partial charge < -0.3 is 24.7 Å². The number of benzene rings is 4. The quantitative estimate of drug-likeness (QED) is 0.284. The zero-order chi connectivity index (χ0) is 26.0. The van der Waals surface area contributed by atoms with E-state index >= 15 is 0 Å². The summed E-state index contributed by atoms with van der Waals surface area (Å²) in [6.45, 7) is 1.98. The van der Waals surface area contributed by atoms with Crippen LogP contribution in [0.4, 0.5) is 0 Å². The molecule has 0 aliphatic carbocycles. The maximum absolute atomic E-state index is 13.1. The van der Waals surface area contributed by atoms with Crippen LogP contribution < -0.4 is 14.8 Å². The third-order valence-electron chi connectivity index (χ3n) is 5.95. The average molecular weight is 498 g/mol. The number of aryl methyl sites for hydroxylation is 1. The minimum Gasteiger partial charge on any atom is -0.491 e. The molecule has 0 aliphatic heterocycles. The Balaban J connectivity index is 1.37. The number of nitrogens with one attached hydrogen (secondary N) is 1. The van der Waals surface area contributed by atoms with Gasteiger partial charge in [-0.15, -0.1) is 0 Å². The number of amides is 1. The average Bonchev–Trinajstić information content (AvgIpc) is 2.93. The third-order valence-corrected chi connectivity index (χ3v) is 5.95. The van der Waals surface area contributed by atoms with E-state index in [1.165, 1.54) is 0 Å². The van der Waals surface area contributed by atoms with Crippen molar-refractivity contribution in [3.8, 4) is 11.5 Å². The van der Waals surface area contributed by atoms with Gasteiger partial charge in [-0.25, -0.2) is 0 Å². The molecule has 1 atom stereocenters. The fraction of sp³-hybridized carbons (Fsp3) is 0.226. The molecule has 190 valence electrons. The Hall–Kier alpha value is -4.16. The Bertz CT molecular complexity index is 1340. The number of aliphatic hydroxyl groups is 1. The van der Waals surface area contributed by atoms with E-state index in [9.17, 15) is 14.7 Å². The number of aliphatic hydroxyl groups excluding tert-OH is 1. The fourth-order valence-electron chi connectivity index (χ4n) is 3.89. The van der Waals surface area contributed by atoms with Crippen LogP contribution in [0.3, 0.4) is 0 Å². The van der Waals surface area contributed by atoms with Gasteiger partial charge in [-0.05, 0) is 59.5 Å². The lowest BCUT2D eigenvalue weighted by Gasteiger charge is -2.17. The van der Waals surface area contributed by atoms with Crippen LogP contribution in [0, 0.1) is 0 Å². The summed E-state index contributed by atoms with van der Waals surface area (Å²) in [4.78, 5) is 24.2. The second-order valence-electron chi connectivity index (χ2n) is 8.99. The highest BCUT2D eigenvalue weighted by molar-refractivity contribution is 6.01. The van der Waals surface area contributed by atoms with E-state index in [2.05, 4.69) is 5.32 Å². The molecular weight excluding hydrogens is 466 g/mol. The molecule has 0 aromatic heterocycles. The molecule has 0 spiro atoms. The first-order valence-electron chi connectivity index (χ1n) is 12.3. The Morgan fingerprint density at radius 2 is 1.46 bits per heavy atom. The molecule has 6 nitrogen and oxygen atoms in total. The van der Waals surface area contributed by atoms with Gasteiger partial charge in [0.15, 0.2) is 0 Å².